The molecule has 2 saturated carbocycles. The molecule has 4 atom stereocenters. The fourth-order valence-corrected chi connectivity index (χ4v) is 4.25. The number of aliphatic hydroxyl groups excluding tert-OH is 1. The highest BCUT2D eigenvalue weighted by atomic mass is 16.5. The molecule has 0 aromatic carbocycles. The van der Waals surface area contributed by atoms with Gasteiger partial charge in [-0.15, -0.1) is 0 Å². The minimum atomic E-state index is -0.363. The van der Waals surface area contributed by atoms with Crippen molar-refractivity contribution in [2.45, 2.75) is 71.6 Å². The van der Waals surface area contributed by atoms with Crippen LogP contribution in [0, 0.1) is 17.8 Å². The third-order valence-electron chi connectivity index (χ3n) is 5.27. The van der Waals surface area contributed by atoms with Crippen molar-refractivity contribution in [2.75, 3.05) is 19.8 Å². The van der Waals surface area contributed by atoms with E-state index in [2.05, 4.69) is 32.6 Å². The lowest BCUT2D eigenvalue weighted by Crippen LogP contribution is -2.43. The molecule has 0 amide bonds. The van der Waals surface area contributed by atoms with E-state index < -0.39 is 0 Å². The van der Waals surface area contributed by atoms with Crippen molar-refractivity contribution >= 4 is 0 Å². The van der Waals surface area contributed by atoms with Crippen LogP contribution in [-0.2, 0) is 4.74 Å². The van der Waals surface area contributed by atoms with Crippen LogP contribution in [0.4, 0.5) is 0 Å². The van der Waals surface area contributed by atoms with Gasteiger partial charge < -0.3 is 9.84 Å². The largest absolute Gasteiger partial charge is 0.389 e. The van der Waals surface area contributed by atoms with Gasteiger partial charge in [-0.05, 0) is 64.7 Å². The van der Waals surface area contributed by atoms with Crippen LogP contribution in [0.5, 0.6) is 0 Å². The first kappa shape index (κ1) is 16.3. The Morgan fingerprint density at radius 1 is 1.10 bits per heavy atom. The lowest BCUT2D eigenvalue weighted by atomic mass is 9.90. The highest BCUT2D eigenvalue weighted by Crippen LogP contribution is 2.48. The highest BCUT2D eigenvalue weighted by molar-refractivity contribution is 4.89. The molecule has 3 nitrogen and oxygen atoms in total. The van der Waals surface area contributed by atoms with Gasteiger partial charge in [-0.25, -0.2) is 0 Å². The minimum Gasteiger partial charge on any atom is -0.389 e. The molecule has 0 unspecified atom stereocenters. The number of rotatable bonds is 8. The number of nitrogens with zero attached hydrogens (tertiary/aromatic N) is 1. The number of aliphatic hydroxyl groups is 1. The van der Waals surface area contributed by atoms with Crippen LogP contribution in [0.15, 0.2) is 0 Å². The molecule has 0 spiro atoms. The molecule has 2 fully saturated rings. The Bertz CT molecular complexity index is 285. The Balaban J connectivity index is 1.63. The second-order valence-electron chi connectivity index (χ2n) is 7.51. The summed E-state index contributed by atoms with van der Waals surface area (Å²) in [6.45, 7) is 10.8. The molecule has 2 bridgehead atoms. The van der Waals surface area contributed by atoms with Crippen LogP contribution in [0.2, 0.25) is 0 Å². The van der Waals surface area contributed by atoms with E-state index in [4.69, 9.17) is 4.74 Å². The fraction of sp³-hybridized carbons (Fsp3) is 1.00. The summed E-state index contributed by atoms with van der Waals surface area (Å²) in [5.74, 6) is 2.67. The van der Waals surface area contributed by atoms with E-state index >= 15 is 0 Å². The van der Waals surface area contributed by atoms with E-state index in [9.17, 15) is 5.11 Å². The van der Waals surface area contributed by atoms with E-state index in [-0.39, 0.29) is 6.10 Å². The molecular formula is C17H33NO2. The molecule has 0 aliphatic heterocycles. The number of hydrogen-bond donors (Lipinski definition) is 1. The molecule has 2 aliphatic carbocycles. The van der Waals surface area contributed by atoms with E-state index in [1.165, 1.54) is 25.7 Å². The zero-order valence-electron chi connectivity index (χ0n) is 13.7. The maximum absolute atomic E-state index is 10.2. The molecule has 0 radical (unpaired) electrons. The smallest absolute Gasteiger partial charge is 0.0900 e. The maximum atomic E-state index is 10.2. The molecule has 0 saturated heterocycles. The van der Waals surface area contributed by atoms with Crippen LogP contribution in [0.25, 0.3) is 0 Å². The SMILES string of the molecule is CC(C)N(C[C@H](O)COC[C@@H]1C[C@H]2CC[C@H]1C2)C(C)C. The Labute approximate surface area is 124 Å². The van der Waals surface area contributed by atoms with E-state index in [1.54, 1.807) is 0 Å². The van der Waals surface area contributed by atoms with E-state index in [0.29, 0.717) is 25.2 Å². The van der Waals surface area contributed by atoms with E-state index in [1.807, 2.05) is 0 Å². The van der Waals surface area contributed by atoms with Crippen molar-refractivity contribution in [3.05, 3.63) is 0 Å². The lowest BCUT2D eigenvalue weighted by Gasteiger charge is -2.32. The number of fused-ring (bicyclic) bond motifs is 2. The van der Waals surface area contributed by atoms with Crippen LogP contribution in [-0.4, -0.2) is 48.0 Å². The molecule has 0 aromatic heterocycles. The summed E-state index contributed by atoms with van der Waals surface area (Å²) in [7, 11) is 0. The third-order valence-corrected chi connectivity index (χ3v) is 5.27. The molecule has 0 aromatic rings. The Morgan fingerprint density at radius 3 is 2.30 bits per heavy atom. The monoisotopic (exact) mass is 283 g/mol. The summed E-state index contributed by atoms with van der Waals surface area (Å²) in [6, 6.07) is 0.936. The maximum Gasteiger partial charge on any atom is 0.0900 e. The standard InChI is InChI=1S/C17H33NO2/c1-12(2)18(13(3)4)9-17(19)11-20-10-16-8-14-5-6-15(16)7-14/h12-17,19H,5-11H2,1-4H3/t14-,15-,16-,17-/m0/s1. The summed E-state index contributed by atoms with van der Waals surface area (Å²) in [5.41, 5.74) is 0. The average Bonchev–Trinajstić information content (AvgIpc) is 2.97. The summed E-state index contributed by atoms with van der Waals surface area (Å²) in [5, 5.41) is 10.2. The van der Waals surface area contributed by atoms with Gasteiger partial charge in [0.15, 0.2) is 0 Å². The summed E-state index contributed by atoms with van der Waals surface area (Å²) in [6.07, 6.45) is 5.30. The first-order valence-corrected chi connectivity index (χ1v) is 8.49. The highest BCUT2D eigenvalue weighted by Gasteiger charge is 2.39. The second kappa shape index (κ2) is 7.24. The third kappa shape index (κ3) is 4.19. The Morgan fingerprint density at radius 2 is 1.80 bits per heavy atom. The van der Waals surface area contributed by atoms with Crippen LogP contribution in [0.3, 0.4) is 0 Å². The number of hydrogen-bond acceptors (Lipinski definition) is 3. The van der Waals surface area contributed by atoms with Crippen LogP contribution >= 0.6 is 0 Å². The van der Waals surface area contributed by atoms with Gasteiger partial charge in [0, 0.05) is 25.2 Å². The van der Waals surface area contributed by atoms with Crippen molar-refractivity contribution in [3.8, 4) is 0 Å². The van der Waals surface area contributed by atoms with Crippen molar-refractivity contribution in [1.82, 2.24) is 4.90 Å². The van der Waals surface area contributed by atoms with Gasteiger partial charge >= 0.3 is 0 Å². The van der Waals surface area contributed by atoms with Gasteiger partial charge in [0.2, 0.25) is 0 Å². The molecular weight excluding hydrogens is 250 g/mol. The topological polar surface area (TPSA) is 32.7 Å². The van der Waals surface area contributed by atoms with Crippen molar-refractivity contribution in [3.63, 3.8) is 0 Å². The lowest BCUT2D eigenvalue weighted by molar-refractivity contribution is -0.0113. The Kier molecular flexibility index (Phi) is 5.88. The molecule has 1 N–H and O–H groups in total. The van der Waals surface area contributed by atoms with Crippen LogP contribution < -0.4 is 0 Å². The summed E-state index contributed by atoms with van der Waals surface area (Å²) >= 11 is 0. The molecule has 20 heavy (non-hydrogen) atoms. The zero-order chi connectivity index (χ0) is 14.7. The normalized spacial score (nSPS) is 30.9. The van der Waals surface area contributed by atoms with Crippen molar-refractivity contribution < 1.29 is 9.84 Å². The first-order chi connectivity index (χ1) is 9.47. The fourth-order valence-electron chi connectivity index (χ4n) is 4.25. The predicted octanol–water partition coefficient (Wildman–Crippen LogP) is 2.92. The van der Waals surface area contributed by atoms with Gasteiger partial charge in [0.1, 0.15) is 0 Å². The minimum absolute atomic E-state index is 0.363. The van der Waals surface area contributed by atoms with Crippen LogP contribution in [0.1, 0.15) is 53.4 Å². The number of ether oxygens (including phenoxy) is 1. The Hall–Kier alpha value is -0.120. The van der Waals surface area contributed by atoms with Gasteiger partial charge in [0.05, 0.1) is 12.7 Å². The van der Waals surface area contributed by atoms with Crippen molar-refractivity contribution in [1.29, 1.82) is 0 Å². The van der Waals surface area contributed by atoms with Gasteiger partial charge in [-0.3, -0.25) is 4.90 Å². The predicted molar refractivity (Wildman–Crippen MR) is 82.7 cm³/mol. The van der Waals surface area contributed by atoms with Gasteiger partial charge in [-0.2, -0.15) is 0 Å². The average molecular weight is 283 g/mol. The van der Waals surface area contributed by atoms with Crippen molar-refractivity contribution in [2.24, 2.45) is 17.8 Å². The zero-order valence-corrected chi connectivity index (χ0v) is 13.7. The summed E-state index contributed by atoms with van der Waals surface area (Å²) < 4.78 is 5.82. The second-order valence-corrected chi connectivity index (χ2v) is 7.51. The molecule has 0 heterocycles. The van der Waals surface area contributed by atoms with Gasteiger partial charge in [-0.1, -0.05) is 6.42 Å². The molecule has 3 heteroatoms. The molecule has 2 rings (SSSR count). The quantitative estimate of drug-likeness (QED) is 0.743. The summed E-state index contributed by atoms with van der Waals surface area (Å²) in [4.78, 5) is 2.32. The molecule has 118 valence electrons. The van der Waals surface area contributed by atoms with Gasteiger partial charge in [0.25, 0.3) is 0 Å². The molecule has 2 aliphatic rings. The van der Waals surface area contributed by atoms with E-state index in [0.717, 1.165) is 24.4 Å². The first-order valence-electron chi connectivity index (χ1n) is 8.49.